The number of aromatic nitrogens is 4. The molecular formula is C27H19ClN4O2. The van der Waals surface area contributed by atoms with E-state index < -0.39 is 0 Å². The highest BCUT2D eigenvalue weighted by Crippen LogP contribution is 2.31. The quantitative estimate of drug-likeness (QED) is 0.358. The molecule has 0 amide bonds. The molecule has 3 heterocycles. The van der Waals surface area contributed by atoms with Crippen LogP contribution >= 0.6 is 11.6 Å². The van der Waals surface area contributed by atoms with Crippen LogP contribution in [0.2, 0.25) is 5.02 Å². The summed E-state index contributed by atoms with van der Waals surface area (Å²) < 4.78 is 2.90. The van der Waals surface area contributed by atoms with Gasteiger partial charge in [-0.2, -0.15) is 5.10 Å². The van der Waals surface area contributed by atoms with Gasteiger partial charge in [0.05, 0.1) is 16.7 Å². The number of hydrogen-bond donors (Lipinski definition) is 1. The topological polar surface area (TPSA) is 72.7 Å². The normalized spacial score (nSPS) is 11.6. The van der Waals surface area contributed by atoms with E-state index in [1.165, 1.54) is 9.25 Å². The number of carbonyl (C=O) groups is 1. The first-order valence-corrected chi connectivity index (χ1v) is 11.3. The number of benzene rings is 3. The van der Waals surface area contributed by atoms with Crippen molar-refractivity contribution >= 4 is 50.2 Å². The van der Waals surface area contributed by atoms with E-state index in [-0.39, 0.29) is 18.0 Å². The van der Waals surface area contributed by atoms with Crippen LogP contribution in [0.1, 0.15) is 10.5 Å². The summed E-state index contributed by atoms with van der Waals surface area (Å²) in [5.41, 5.74) is 4.40. The second-order valence-corrected chi connectivity index (χ2v) is 8.75. The Hall–Kier alpha value is -4.16. The van der Waals surface area contributed by atoms with Gasteiger partial charge in [0.25, 0.3) is 11.5 Å². The van der Waals surface area contributed by atoms with Crippen LogP contribution in [-0.4, -0.2) is 25.2 Å². The van der Waals surface area contributed by atoms with Crippen LogP contribution in [0.25, 0.3) is 44.0 Å². The number of fused-ring (bicyclic) bond motifs is 5. The largest absolute Gasteiger partial charge is 0.353 e. The fourth-order valence-corrected chi connectivity index (χ4v) is 4.76. The number of aryl methyl sites for hydroxylation is 1. The molecule has 6 aromatic rings. The highest BCUT2D eigenvalue weighted by atomic mass is 35.5. The number of pyridine rings is 1. The zero-order valence-corrected chi connectivity index (χ0v) is 19.0. The molecule has 0 aliphatic heterocycles. The highest BCUT2D eigenvalue weighted by Gasteiger charge is 2.20. The van der Waals surface area contributed by atoms with Gasteiger partial charge < -0.3 is 4.98 Å². The molecule has 0 unspecified atom stereocenters. The third kappa shape index (κ3) is 3.15. The molecule has 0 saturated heterocycles. The van der Waals surface area contributed by atoms with Gasteiger partial charge in [0.1, 0.15) is 6.54 Å². The molecule has 0 fully saturated rings. The Morgan fingerprint density at radius 2 is 1.68 bits per heavy atom. The Labute approximate surface area is 199 Å². The number of aromatic amines is 1. The second kappa shape index (κ2) is 7.71. The summed E-state index contributed by atoms with van der Waals surface area (Å²) in [5, 5.41) is 7.23. The van der Waals surface area contributed by atoms with Gasteiger partial charge in [-0.05, 0) is 37.3 Å². The van der Waals surface area contributed by atoms with Crippen LogP contribution < -0.4 is 5.56 Å². The van der Waals surface area contributed by atoms with Crippen LogP contribution in [-0.2, 0) is 6.54 Å². The fourth-order valence-electron chi connectivity index (χ4n) is 4.59. The minimum atomic E-state index is -0.297. The molecule has 1 N–H and O–H groups in total. The molecule has 0 atom stereocenters. The van der Waals surface area contributed by atoms with Gasteiger partial charge in [-0.15, -0.1) is 0 Å². The van der Waals surface area contributed by atoms with Crippen molar-refractivity contribution in [2.24, 2.45) is 0 Å². The van der Waals surface area contributed by atoms with Crippen molar-refractivity contribution in [1.29, 1.82) is 0 Å². The Kier molecular flexibility index (Phi) is 4.64. The van der Waals surface area contributed by atoms with Crippen molar-refractivity contribution in [3.63, 3.8) is 0 Å². The molecule has 6 nitrogen and oxygen atoms in total. The lowest BCUT2D eigenvalue weighted by Crippen LogP contribution is -2.28. The van der Waals surface area contributed by atoms with E-state index in [9.17, 15) is 9.59 Å². The average Bonchev–Trinajstić information content (AvgIpc) is 3.43. The lowest BCUT2D eigenvalue weighted by molar-refractivity contribution is 0.0873. The molecular weight excluding hydrogens is 448 g/mol. The molecule has 6 rings (SSSR count). The molecule has 166 valence electrons. The molecule has 3 aromatic heterocycles. The first-order chi connectivity index (χ1) is 16.5. The summed E-state index contributed by atoms with van der Waals surface area (Å²) in [6.07, 6.45) is 0. The summed E-state index contributed by atoms with van der Waals surface area (Å²) in [6, 6.07) is 24.5. The number of nitrogens with one attached hydrogen (secondary N) is 1. The van der Waals surface area contributed by atoms with Crippen molar-refractivity contribution in [3.05, 3.63) is 99.9 Å². The van der Waals surface area contributed by atoms with Gasteiger partial charge >= 0.3 is 0 Å². The smallest absolute Gasteiger partial charge is 0.267 e. The van der Waals surface area contributed by atoms with E-state index in [1.807, 2.05) is 73.7 Å². The van der Waals surface area contributed by atoms with E-state index in [1.54, 1.807) is 12.1 Å². The van der Waals surface area contributed by atoms with Gasteiger partial charge in [-0.25, -0.2) is 4.68 Å². The standard InChI is InChI=1S/C27H19ClN4O2/c1-16-13-23(17-7-3-2-4-8-17)30-32(16)24(33)15-31-26-21-14-18(28)11-12-22(21)29-25(26)19-9-5-6-10-20(19)27(31)34/h2-14,29H,15H2,1H3. The molecule has 3 aromatic carbocycles. The SMILES string of the molecule is Cc1cc(-c2ccccc2)nn1C(=O)Cn1c(=O)c2ccccc2c2[nH]c3ccc(Cl)cc3c21. The minimum absolute atomic E-state index is 0.156. The van der Waals surface area contributed by atoms with E-state index in [4.69, 9.17) is 11.6 Å². The van der Waals surface area contributed by atoms with E-state index in [0.29, 0.717) is 27.3 Å². The van der Waals surface area contributed by atoms with Crippen molar-refractivity contribution < 1.29 is 4.79 Å². The lowest BCUT2D eigenvalue weighted by Gasteiger charge is -2.11. The molecule has 7 heteroatoms. The monoisotopic (exact) mass is 466 g/mol. The molecule has 0 aliphatic rings. The Bertz CT molecular complexity index is 1790. The predicted molar refractivity (Wildman–Crippen MR) is 136 cm³/mol. The van der Waals surface area contributed by atoms with Crippen molar-refractivity contribution in [2.75, 3.05) is 0 Å². The Morgan fingerprint density at radius 1 is 0.941 bits per heavy atom. The van der Waals surface area contributed by atoms with Gasteiger partial charge in [0.2, 0.25) is 0 Å². The number of halogens is 1. The maximum atomic E-state index is 13.6. The van der Waals surface area contributed by atoms with Gasteiger partial charge in [-0.3, -0.25) is 14.2 Å². The first-order valence-electron chi connectivity index (χ1n) is 10.9. The Balaban J connectivity index is 1.55. The minimum Gasteiger partial charge on any atom is -0.353 e. The number of nitrogens with zero attached hydrogens (tertiary/aromatic N) is 3. The Morgan fingerprint density at radius 3 is 2.47 bits per heavy atom. The maximum absolute atomic E-state index is 13.6. The van der Waals surface area contributed by atoms with Crippen molar-refractivity contribution in [3.8, 4) is 11.3 Å². The van der Waals surface area contributed by atoms with Crippen molar-refractivity contribution in [1.82, 2.24) is 19.3 Å². The van der Waals surface area contributed by atoms with Crippen LogP contribution in [0.5, 0.6) is 0 Å². The number of hydrogen-bond acceptors (Lipinski definition) is 3. The van der Waals surface area contributed by atoms with Crippen LogP contribution in [0.3, 0.4) is 0 Å². The van der Waals surface area contributed by atoms with E-state index >= 15 is 0 Å². The summed E-state index contributed by atoms with van der Waals surface area (Å²) in [5.74, 6) is -0.297. The number of rotatable bonds is 3. The number of carbonyl (C=O) groups excluding carboxylic acids is 1. The summed E-state index contributed by atoms with van der Waals surface area (Å²) in [4.78, 5) is 30.4. The number of H-pyrrole nitrogens is 1. The third-order valence-corrected chi connectivity index (χ3v) is 6.40. The van der Waals surface area contributed by atoms with E-state index in [0.717, 1.165) is 27.4 Å². The van der Waals surface area contributed by atoms with E-state index in [2.05, 4.69) is 10.1 Å². The zero-order valence-electron chi connectivity index (χ0n) is 18.2. The summed E-state index contributed by atoms with van der Waals surface area (Å²) >= 11 is 6.29. The molecule has 0 saturated carbocycles. The molecule has 0 radical (unpaired) electrons. The van der Waals surface area contributed by atoms with Gasteiger partial charge in [0, 0.05) is 38.0 Å². The predicted octanol–water partition coefficient (Wildman–Crippen LogP) is 5.80. The highest BCUT2D eigenvalue weighted by molar-refractivity contribution is 6.32. The summed E-state index contributed by atoms with van der Waals surface area (Å²) in [6.45, 7) is 1.68. The first kappa shape index (κ1) is 20.4. The molecule has 0 aliphatic carbocycles. The zero-order chi connectivity index (χ0) is 23.4. The molecule has 0 spiro atoms. The summed E-state index contributed by atoms with van der Waals surface area (Å²) in [7, 11) is 0. The van der Waals surface area contributed by atoms with Crippen LogP contribution in [0.4, 0.5) is 0 Å². The molecule has 0 bridgehead atoms. The fraction of sp³-hybridized carbons (Fsp3) is 0.0741. The van der Waals surface area contributed by atoms with Gasteiger partial charge in [-0.1, -0.05) is 60.1 Å². The van der Waals surface area contributed by atoms with Crippen LogP contribution in [0, 0.1) is 6.92 Å². The van der Waals surface area contributed by atoms with Gasteiger partial charge in [0.15, 0.2) is 0 Å². The molecule has 34 heavy (non-hydrogen) atoms. The van der Waals surface area contributed by atoms with Crippen molar-refractivity contribution in [2.45, 2.75) is 13.5 Å². The lowest BCUT2D eigenvalue weighted by atomic mass is 10.1. The van der Waals surface area contributed by atoms with Crippen LogP contribution in [0.15, 0.2) is 83.7 Å². The second-order valence-electron chi connectivity index (χ2n) is 8.32. The maximum Gasteiger partial charge on any atom is 0.267 e. The third-order valence-electron chi connectivity index (χ3n) is 6.16. The average molecular weight is 467 g/mol.